The van der Waals surface area contributed by atoms with Gasteiger partial charge in [-0.25, -0.2) is 15.0 Å². The zero-order chi connectivity index (χ0) is 23.6. The van der Waals surface area contributed by atoms with Crippen molar-refractivity contribution in [1.29, 1.82) is 0 Å². The zero-order valence-electron chi connectivity index (χ0n) is 19.7. The highest BCUT2D eigenvalue weighted by Crippen LogP contribution is 2.31. The fourth-order valence-electron chi connectivity index (χ4n) is 5.20. The minimum absolute atomic E-state index is 0.308. The van der Waals surface area contributed by atoms with Crippen molar-refractivity contribution in [2.24, 2.45) is 0 Å². The molecule has 35 heavy (non-hydrogen) atoms. The Morgan fingerprint density at radius 3 is 2.91 bits per heavy atom. The van der Waals surface area contributed by atoms with Gasteiger partial charge in [0.25, 0.3) is 0 Å². The number of benzene rings is 2. The summed E-state index contributed by atoms with van der Waals surface area (Å²) in [7, 11) is 0. The predicted octanol–water partition coefficient (Wildman–Crippen LogP) is 3.76. The monoisotopic (exact) mass is 466 g/mol. The van der Waals surface area contributed by atoms with Crippen molar-refractivity contribution >= 4 is 5.82 Å². The number of nitrogens with two attached hydrogens (primary N) is 1. The summed E-state index contributed by atoms with van der Waals surface area (Å²) in [6.45, 7) is 2.74. The Morgan fingerprint density at radius 2 is 2.00 bits per heavy atom. The van der Waals surface area contributed by atoms with Crippen molar-refractivity contribution in [2.45, 2.75) is 44.2 Å². The van der Waals surface area contributed by atoms with Crippen LogP contribution in [0.2, 0.25) is 0 Å². The van der Waals surface area contributed by atoms with Crippen LogP contribution in [0.5, 0.6) is 0 Å². The van der Waals surface area contributed by atoms with Gasteiger partial charge >= 0.3 is 0 Å². The SMILES string of the molecule is Nc1ncc(-c2cccc(CN[C@@H]3CCc4ccccc43)c2)nc1-c1nc(C2CCCNC2)n[nH]1. The van der Waals surface area contributed by atoms with E-state index in [0.717, 1.165) is 62.4 Å². The Kier molecular flexibility index (Phi) is 5.98. The minimum atomic E-state index is 0.308. The van der Waals surface area contributed by atoms with Crippen LogP contribution in [0.4, 0.5) is 5.82 Å². The standard InChI is InChI=1S/C27H30N8/c28-25-24(27-33-26(34-35-27)20-8-4-12-29-15-20)32-23(16-31-25)19-7-3-5-17(13-19)14-30-22-11-10-18-6-1-2-9-21(18)22/h1-3,5-7,9,13,16,20,22,29-30H,4,8,10-12,14-15H2,(H2,28,31)(H,33,34,35)/t20?,22-/m1/s1. The van der Waals surface area contributed by atoms with Crippen molar-refractivity contribution in [3.05, 3.63) is 77.2 Å². The van der Waals surface area contributed by atoms with E-state index in [1.54, 1.807) is 6.20 Å². The second-order valence-corrected chi connectivity index (χ2v) is 9.45. The molecular formula is C27H30N8. The first-order valence-corrected chi connectivity index (χ1v) is 12.4. The molecule has 8 heteroatoms. The van der Waals surface area contributed by atoms with Crippen LogP contribution >= 0.6 is 0 Å². The van der Waals surface area contributed by atoms with Gasteiger partial charge in [-0.1, -0.05) is 42.5 Å². The van der Waals surface area contributed by atoms with E-state index in [1.807, 2.05) is 0 Å². The summed E-state index contributed by atoms with van der Waals surface area (Å²) >= 11 is 0. The van der Waals surface area contributed by atoms with E-state index < -0.39 is 0 Å². The third-order valence-corrected chi connectivity index (χ3v) is 7.10. The van der Waals surface area contributed by atoms with Crippen LogP contribution in [0.25, 0.3) is 22.8 Å². The molecule has 0 bridgehead atoms. The van der Waals surface area contributed by atoms with E-state index in [-0.39, 0.29) is 0 Å². The Labute approximate surface area is 204 Å². The van der Waals surface area contributed by atoms with Gasteiger partial charge in [0.05, 0.1) is 11.9 Å². The van der Waals surface area contributed by atoms with E-state index in [9.17, 15) is 0 Å². The van der Waals surface area contributed by atoms with Crippen LogP contribution in [-0.2, 0) is 13.0 Å². The molecule has 0 spiro atoms. The lowest BCUT2D eigenvalue weighted by atomic mass is 9.99. The Morgan fingerprint density at radius 1 is 1.06 bits per heavy atom. The second-order valence-electron chi connectivity index (χ2n) is 9.45. The molecule has 6 rings (SSSR count). The van der Waals surface area contributed by atoms with Crippen LogP contribution in [0.1, 0.15) is 53.7 Å². The molecule has 4 aromatic rings. The van der Waals surface area contributed by atoms with Crippen LogP contribution < -0.4 is 16.4 Å². The maximum absolute atomic E-state index is 6.19. The third-order valence-electron chi connectivity index (χ3n) is 7.10. The molecule has 0 saturated carbocycles. The molecule has 1 aliphatic carbocycles. The summed E-state index contributed by atoms with van der Waals surface area (Å²) in [5.41, 5.74) is 12.6. The molecule has 8 nitrogen and oxygen atoms in total. The second kappa shape index (κ2) is 9.56. The molecule has 0 radical (unpaired) electrons. The van der Waals surface area contributed by atoms with Crippen LogP contribution in [-0.4, -0.2) is 38.2 Å². The first-order valence-electron chi connectivity index (χ1n) is 12.4. The smallest absolute Gasteiger partial charge is 0.178 e. The number of H-pyrrole nitrogens is 1. The molecule has 0 amide bonds. The first-order chi connectivity index (χ1) is 17.2. The van der Waals surface area contributed by atoms with E-state index in [4.69, 9.17) is 15.7 Å². The molecule has 1 saturated heterocycles. The van der Waals surface area contributed by atoms with Gasteiger partial charge in [0, 0.05) is 30.6 Å². The number of rotatable bonds is 6. The van der Waals surface area contributed by atoms with Crippen molar-refractivity contribution in [3.8, 4) is 22.8 Å². The van der Waals surface area contributed by atoms with E-state index in [2.05, 4.69) is 74.3 Å². The summed E-state index contributed by atoms with van der Waals surface area (Å²) < 4.78 is 0. The Bertz CT molecular complexity index is 1320. The highest BCUT2D eigenvalue weighted by atomic mass is 15.2. The van der Waals surface area contributed by atoms with Gasteiger partial charge in [-0.2, -0.15) is 5.10 Å². The van der Waals surface area contributed by atoms with Gasteiger partial charge in [0.15, 0.2) is 17.5 Å². The molecule has 3 heterocycles. The number of piperidine rings is 1. The number of anilines is 1. The van der Waals surface area contributed by atoms with Crippen molar-refractivity contribution < 1.29 is 0 Å². The van der Waals surface area contributed by atoms with E-state index in [0.29, 0.717) is 29.3 Å². The van der Waals surface area contributed by atoms with Crippen LogP contribution in [0, 0.1) is 0 Å². The molecule has 5 N–H and O–H groups in total. The van der Waals surface area contributed by atoms with E-state index >= 15 is 0 Å². The van der Waals surface area contributed by atoms with Gasteiger partial charge in [-0.15, -0.1) is 0 Å². The highest BCUT2D eigenvalue weighted by Gasteiger charge is 2.22. The van der Waals surface area contributed by atoms with Gasteiger partial charge < -0.3 is 16.4 Å². The Hall–Kier alpha value is -3.62. The summed E-state index contributed by atoms with van der Waals surface area (Å²) in [6.07, 6.45) is 6.21. The average Bonchev–Trinajstić information content (AvgIpc) is 3.56. The van der Waals surface area contributed by atoms with Crippen LogP contribution in [0.3, 0.4) is 0 Å². The lowest BCUT2D eigenvalue weighted by Crippen LogP contribution is -2.28. The molecule has 1 fully saturated rings. The number of nitrogens with one attached hydrogen (secondary N) is 3. The molecular weight excluding hydrogens is 436 g/mol. The highest BCUT2D eigenvalue weighted by molar-refractivity contribution is 5.69. The number of aryl methyl sites for hydroxylation is 1. The number of fused-ring (bicyclic) bond motifs is 1. The maximum atomic E-state index is 6.19. The van der Waals surface area contributed by atoms with Gasteiger partial charge in [-0.3, -0.25) is 5.10 Å². The zero-order valence-corrected chi connectivity index (χ0v) is 19.7. The molecule has 2 aliphatic rings. The number of aromatic amines is 1. The normalized spacial score (nSPS) is 19.5. The van der Waals surface area contributed by atoms with Crippen molar-refractivity contribution in [2.75, 3.05) is 18.8 Å². The number of nitrogens with zero attached hydrogens (tertiary/aromatic N) is 4. The molecule has 178 valence electrons. The maximum Gasteiger partial charge on any atom is 0.178 e. The van der Waals surface area contributed by atoms with Crippen molar-refractivity contribution in [3.63, 3.8) is 0 Å². The average molecular weight is 467 g/mol. The van der Waals surface area contributed by atoms with Gasteiger partial charge in [-0.05, 0) is 55.0 Å². The topological polar surface area (TPSA) is 117 Å². The van der Waals surface area contributed by atoms with Crippen molar-refractivity contribution in [1.82, 2.24) is 35.8 Å². The fourth-order valence-corrected chi connectivity index (χ4v) is 5.20. The largest absolute Gasteiger partial charge is 0.382 e. The number of aromatic nitrogens is 5. The molecule has 1 unspecified atom stereocenters. The van der Waals surface area contributed by atoms with Gasteiger partial charge in [0.2, 0.25) is 0 Å². The lowest BCUT2D eigenvalue weighted by Gasteiger charge is -2.19. The van der Waals surface area contributed by atoms with Gasteiger partial charge in [0.1, 0.15) is 5.69 Å². The molecule has 2 aromatic heterocycles. The number of nitrogen functional groups attached to an aromatic ring is 1. The quantitative estimate of drug-likeness (QED) is 0.342. The first kappa shape index (κ1) is 21.9. The summed E-state index contributed by atoms with van der Waals surface area (Å²) in [4.78, 5) is 13.9. The predicted molar refractivity (Wildman–Crippen MR) is 136 cm³/mol. The number of hydrogen-bond acceptors (Lipinski definition) is 7. The molecule has 1 aliphatic heterocycles. The summed E-state index contributed by atoms with van der Waals surface area (Å²) in [5, 5.41) is 14.6. The summed E-state index contributed by atoms with van der Waals surface area (Å²) in [5.74, 6) is 2.02. The Balaban J connectivity index is 1.20. The molecule has 2 atom stereocenters. The lowest BCUT2D eigenvalue weighted by molar-refractivity contribution is 0.447. The summed E-state index contributed by atoms with van der Waals surface area (Å²) in [6, 6.07) is 17.5. The fraction of sp³-hybridized carbons (Fsp3) is 0.333. The minimum Gasteiger partial charge on any atom is -0.382 e. The molecule has 2 aromatic carbocycles. The number of hydrogen-bond donors (Lipinski definition) is 4. The van der Waals surface area contributed by atoms with Crippen LogP contribution in [0.15, 0.2) is 54.7 Å². The van der Waals surface area contributed by atoms with E-state index in [1.165, 1.54) is 16.7 Å². The third kappa shape index (κ3) is 4.54.